The second-order valence-electron chi connectivity index (χ2n) is 1.75. The predicted molar refractivity (Wildman–Crippen MR) is 32.8 cm³/mol. The molecule has 3 heteroatoms. The second kappa shape index (κ2) is 2.53. The van der Waals surface area contributed by atoms with Gasteiger partial charge in [0, 0.05) is 12.0 Å². The topological polar surface area (TPSA) is 39.2 Å². The van der Waals surface area contributed by atoms with Gasteiger partial charge in [0.1, 0.15) is 0 Å². The summed E-state index contributed by atoms with van der Waals surface area (Å²) in [7, 11) is 0. The zero-order valence-electron chi connectivity index (χ0n) is 4.93. The van der Waals surface area contributed by atoms with Gasteiger partial charge in [0.2, 0.25) is 0 Å². The molecule has 0 amide bonds. The van der Waals surface area contributed by atoms with Crippen LogP contribution >= 0.6 is 0 Å². The molecule has 2 N–H and O–H groups in total. The molecule has 0 bridgehead atoms. The summed E-state index contributed by atoms with van der Waals surface area (Å²) in [6.45, 7) is -0.385. The van der Waals surface area contributed by atoms with E-state index in [4.69, 9.17) is 10.2 Å². The van der Waals surface area contributed by atoms with Crippen molar-refractivity contribution in [3.8, 4) is 0 Å². The molecule has 0 aromatic carbocycles. The van der Waals surface area contributed by atoms with Crippen LogP contribution in [0.5, 0.6) is 0 Å². The van der Waals surface area contributed by atoms with Crippen LogP contribution in [0.15, 0.2) is 16.7 Å². The third kappa shape index (κ3) is 1.22. The molecule has 50 valence electrons. The maximum absolute atomic E-state index is 11.6. The quantitative estimate of drug-likeness (QED) is 0.655. The normalized spacial score (nSPS) is 9.89. The lowest BCUT2D eigenvalue weighted by Crippen LogP contribution is -1.90. The lowest BCUT2D eigenvalue weighted by Gasteiger charge is -1.89. The Labute approximate surface area is 52.5 Å². The molecular formula is C6H8FNO. The number of anilines is 1. The van der Waals surface area contributed by atoms with Crippen molar-refractivity contribution >= 4 is 5.88 Å². The highest BCUT2D eigenvalue weighted by molar-refractivity contribution is 5.35. The number of aryl methyl sites for hydroxylation is 1. The van der Waals surface area contributed by atoms with Gasteiger partial charge in [-0.05, 0) is 6.07 Å². The molecule has 1 rings (SSSR count). The van der Waals surface area contributed by atoms with Crippen molar-refractivity contribution in [1.82, 2.24) is 0 Å². The summed E-state index contributed by atoms with van der Waals surface area (Å²) in [6.07, 6.45) is 1.81. The Hall–Kier alpha value is -0.990. The average Bonchev–Trinajstić information content (AvgIpc) is 2.18. The van der Waals surface area contributed by atoms with E-state index in [1.54, 1.807) is 6.07 Å². The zero-order valence-corrected chi connectivity index (χ0v) is 4.93. The van der Waals surface area contributed by atoms with E-state index in [1.807, 2.05) is 0 Å². The Balaban J connectivity index is 2.69. The van der Waals surface area contributed by atoms with Crippen molar-refractivity contribution in [3.05, 3.63) is 17.9 Å². The minimum Gasteiger partial charge on any atom is -0.449 e. The second-order valence-corrected chi connectivity index (χ2v) is 1.75. The van der Waals surface area contributed by atoms with Gasteiger partial charge in [-0.25, -0.2) is 0 Å². The van der Waals surface area contributed by atoms with Gasteiger partial charge in [0.25, 0.3) is 0 Å². The van der Waals surface area contributed by atoms with E-state index >= 15 is 0 Å². The largest absolute Gasteiger partial charge is 0.449 e. The molecule has 0 radical (unpaired) electrons. The van der Waals surface area contributed by atoms with Crippen molar-refractivity contribution in [3.63, 3.8) is 0 Å². The van der Waals surface area contributed by atoms with Crippen molar-refractivity contribution in [2.75, 3.05) is 12.4 Å². The number of hydrogen-bond donors (Lipinski definition) is 1. The zero-order chi connectivity index (χ0) is 6.69. The van der Waals surface area contributed by atoms with E-state index < -0.39 is 0 Å². The molecule has 1 aromatic rings. The summed E-state index contributed by atoms with van der Waals surface area (Å²) in [5.41, 5.74) is 6.04. The number of alkyl halides is 1. The molecule has 0 unspecified atom stereocenters. The smallest absolute Gasteiger partial charge is 0.193 e. The van der Waals surface area contributed by atoms with E-state index in [2.05, 4.69) is 0 Å². The molecule has 0 aliphatic rings. The number of rotatable bonds is 2. The number of halogens is 1. The summed E-state index contributed by atoms with van der Waals surface area (Å²) in [6, 6.07) is 1.68. The van der Waals surface area contributed by atoms with E-state index in [0.29, 0.717) is 12.3 Å². The molecule has 2 nitrogen and oxygen atoms in total. The third-order valence-corrected chi connectivity index (χ3v) is 1.14. The Morgan fingerprint density at radius 1 is 1.67 bits per heavy atom. The van der Waals surface area contributed by atoms with E-state index in [9.17, 15) is 4.39 Å². The Bertz CT molecular complexity index is 185. The van der Waals surface area contributed by atoms with Crippen LogP contribution in [0.25, 0.3) is 0 Å². The van der Waals surface area contributed by atoms with Crippen LogP contribution in [-0.2, 0) is 6.42 Å². The predicted octanol–water partition coefficient (Wildman–Crippen LogP) is 1.37. The summed E-state index contributed by atoms with van der Waals surface area (Å²) < 4.78 is 16.4. The first-order valence-electron chi connectivity index (χ1n) is 2.72. The number of nitrogen functional groups attached to an aromatic ring is 1. The minimum atomic E-state index is -0.385. The maximum Gasteiger partial charge on any atom is 0.193 e. The molecule has 0 atom stereocenters. The van der Waals surface area contributed by atoms with E-state index in [-0.39, 0.29) is 6.67 Å². The van der Waals surface area contributed by atoms with Crippen LogP contribution in [0.1, 0.15) is 5.56 Å². The van der Waals surface area contributed by atoms with Gasteiger partial charge in [-0.1, -0.05) is 0 Å². The average molecular weight is 129 g/mol. The van der Waals surface area contributed by atoms with Gasteiger partial charge < -0.3 is 10.2 Å². The fraction of sp³-hybridized carbons (Fsp3) is 0.333. The fourth-order valence-corrected chi connectivity index (χ4v) is 0.656. The highest BCUT2D eigenvalue weighted by Crippen LogP contribution is 2.12. The summed E-state index contributed by atoms with van der Waals surface area (Å²) in [5.74, 6) is 0.327. The first-order chi connectivity index (χ1) is 4.34. The lowest BCUT2D eigenvalue weighted by atomic mass is 10.2. The van der Waals surface area contributed by atoms with Crippen molar-refractivity contribution in [2.45, 2.75) is 6.42 Å². The van der Waals surface area contributed by atoms with Crippen LogP contribution in [0.3, 0.4) is 0 Å². The van der Waals surface area contributed by atoms with Gasteiger partial charge in [0.05, 0.1) is 12.9 Å². The van der Waals surface area contributed by atoms with Crippen LogP contribution in [0.4, 0.5) is 10.3 Å². The van der Waals surface area contributed by atoms with Gasteiger partial charge in [-0.3, -0.25) is 4.39 Å². The first kappa shape index (κ1) is 6.13. The van der Waals surface area contributed by atoms with Gasteiger partial charge in [-0.15, -0.1) is 0 Å². The lowest BCUT2D eigenvalue weighted by molar-refractivity contribution is 0.493. The molecule has 0 fully saturated rings. The molecule has 0 saturated carbocycles. The van der Waals surface area contributed by atoms with Crippen LogP contribution < -0.4 is 5.73 Å². The molecule has 0 aliphatic heterocycles. The van der Waals surface area contributed by atoms with E-state index in [0.717, 1.165) is 5.56 Å². The summed E-state index contributed by atoms with van der Waals surface area (Å²) in [5, 5.41) is 0. The van der Waals surface area contributed by atoms with Crippen molar-refractivity contribution < 1.29 is 8.81 Å². The Kier molecular flexibility index (Phi) is 1.72. The van der Waals surface area contributed by atoms with Gasteiger partial charge >= 0.3 is 0 Å². The van der Waals surface area contributed by atoms with Gasteiger partial charge in [-0.2, -0.15) is 0 Å². The third-order valence-electron chi connectivity index (χ3n) is 1.14. The number of nitrogens with two attached hydrogens (primary N) is 1. The highest BCUT2D eigenvalue weighted by Gasteiger charge is 1.99. The monoisotopic (exact) mass is 129 g/mol. The van der Waals surface area contributed by atoms with Gasteiger partial charge in [0.15, 0.2) is 5.88 Å². The number of furan rings is 1. The summed E-state index contributed by atoms with van der Waals surface area (Å²) >= 11 is 0. The van der Waals surface area contributed by atoms with Crippen LogP contribution in [-0.4, -0.2) is 6.67 Å². The number of hydrogen-bond acceptors (Lipinski definition) is 2. The fourth-order valence-electron chi connectivity index (χ4n) is 0.656. The molecule has 0 aliphatic carbocycles. The highest BCUT2D eigenvalue weighted by atomic mass is 19.1. The molecule has 1 aromatic heterocycles. The van der Waals surface area contributed by atoms with Crippen LogP contribution in [0, 0.1) is 0 Å². The molecule has 1 heterocycles. The Morgan fingerprint density at radius 2 is 2.44 bits per heavy atom. The maximum atomic E-state index is 11.6. The SMILES string of the molecule is Nc1occc1CCF. The molecular weight excluding hydrogens is 121 g/mol. The van der Waals surface area contributed by atoms with Crippen molar-refractivity contribution in [2.24, 2.45) is 0 Å². The summed E-state index contributed by atoms with van der Waals surface area (Å²) in [4.78, 5) is 0. The van der Waals surface area contributed by atoms with Crippen LogP contribution in [0.2, 0.25) is 0 Å². The van der Waals surface area contributed by atoms with E-state index in [1.165, 1.54) is 6.26 Å². The molecule has 0 saturated heterocycles. The standard InChI is InChI=1S/C6H8FNO/c7-3-1-5-2-4-9-6(5)8/h2,4H,1,3,8H2. The first-order valence-corrected chi connectivity index (χ1v) is 2.72. The molecule has 0 spiro atoms. The Morgan fingerprint density at radius 3 is 2.89 bits per heavy atom. The molecule has 9 heavy (non-hydrogen) atoms. The minimum absolute atomic E-state index is 0.327. The van der Waals surface area contributed by atoms with Crippen molar-refractivity contribution in [1.29, 1.82) is 0 Å².